The van der Waals surface area contributed by atoms with E-state index in [1.165, 1.54) is 0 Å². The molecule has 0 radical (unpaired) electrons. The van der Waals surface area contributed by atoms with Gasteiger partial charge in [0.05, 0.1) is 11.3 Å². The largest absolute Gasteiger partial charge is 0.468 e. The van der Waals surface area contributed by atoms with Crippen LogP contribution < -0.4 is 10.3 Å². The van der Waals surface area contributed by atoms with Crippen LogP contribution in [0.1, 0.15) is 5.56 Å². The number of nitrogens with zero attached hydrogens (tertiary/aromatic N) is 2. The first kappa shape index (κ1) is 13.0. The molecule has 0 bridgehead atoms. The number of hydrogen-bond acceptors (Lipinski definition) is 5. The van der Waals surface area contributed by atoms with Crippen LogP contribution in [0.3, 0.4) is 0 Å². The summed E-state index contributed by atoms with van der Waals surface area (Å²) in [6.07, 6.45) is 1.05. The number of benzene rings is 1. The normalized spacial score (nSPS) is 10.2. The van der Waals surface area contributed by atoms with Gasteiger partial charge in [-0.1, -0.05) is 23.7 Å². The standard InChI is InChI=1S/C11H8ClN3O4/c12-8-3-1-7(2-4-8)5-19-11-9(15(17)18)10(16)13-6-14-11/h1-4,6H,5H2,(H,13,14,16). The Morgan fingerprint density at radius 3 is 2.68 bits per heavy atom. The van der Waals surface area contributed by atoms with E-state index < -0.39 is 16.2 Å². The molecule has 1 N–H and O–H groups in total. The fourth-order valence-electron chi connectivity index (χ4n) is 1.38. The number of aromatic nitrogens is 2. The minimum atomic E-state index is -0.855. The topological polar surface area (TPSA) is 98.1 Å². The van der Waals surface area contributed by atoms with Crippen LogP contribution in [-0.4, -0.2) is 14.9 Å². The number of aromatic amines is 1. The summed E-state index contributed by atoms with van der Waals surface area (Å²) >= 11 is 5.73. The molecule has 1 aromatic carbocycles. The minimum absolute atomic E-state index is 0.0501. The third-order valence-electron chi connectivity index (χ3n) is 2.27. The molecule has 0 fully saturated rings. The summed E-state index contributed by atoms with van der Waals surface area (Å²) in [5.74, 6) is -0.316. The number of H-pyrrole nitrogens is 1. The minimum Gasteiger partial charge on any atom is -0.468 e. The van der Waals surface area contributed by atoms with Gasteiger partial charge in [0.25, 0.3) is 0 Å². The highest BCUT2D eigenvalue weighted by Gasteiger charge is 2.21. The highest BCUT2D eigenvalue weighted by atomic mass is 35.5. The maximum atomic E-state index is 11.3. The van der Waals surface area contributed by atoms with Gasteiger partial charge in [-0.3, -0.25) is 14.9 Å². The molecular weight excluding hydrogens is 274 g/mol. The van der Waals surface area contributed by atoms with E-state index in [1.54, 1.807) is 24.3 Å². The van der Waals surface area contributed by atoms with E-state index in [1.807, 2.05) is 0 Å². The molecule has 19 heavy (non-hydrogen) atoms. The molecule has 0 saturated heterocycles. The van der Waals surface area contributed by atoms with Gasteiger partial charge in [-0.2, -0.15) is 4.98 Å². The van der Waals surface area contributed by atoms with Crippen molar-refractivity contribution in [3.63, 3.8) is 0 Å². The first-order valence-corrected chi connectivity index (χ1v) is 5.55. The molecule has 0 unspecified atom stereocenters. The van der Waals surface area contributed by atoms with Crippen molar-refractivity contribution < 1.29 is 9.66 Å². The molecule has 0 saturated carbocycles. The Bertz CT molecular complexity index is 654. The SMILES string of the molecule is O=c1[nH]cnc(OCc2ccc(Cl)cc2)c1[N+](=O)[O-]. The Morgan fingerprint density at radius 2 is 2.05 bits per heavy atom. The lowest BCUT2D eigenvalue weighted by atomic mass is 10.2. The molecule has 8 heteroatoms. The molecule has 1 heterocycles. The number of ether oxygens (including phenoxy) is 1. The van der Waals surface area contributed by atoms with Crippen LogP contribution in [-0.2, 0) is 6.61 Å². The predicted molar refractivity (Wildman–Crippen MR) is 67.3 cm³/mol. The zero-order chi connectivity index (χ0) is 13.8. The van der Waals surface area contributed by atoms with E-state index in [4.69, 9.17) is 16.3 Å². The van der Waals surface area contributed by atoms with Crippen molar-refractivity contribution in [2.75, 3.05) is 0 Å². The van der Waals surface area contributed by atoms with Crippen molar-refractivity contribution in [1.82, 2.24) is 9.97 Å². The van der Waals surface area contributed by atoms with E-state index in [-0.39, 0.29) is 12.5 Å². The molecule has 0 spiro atoms. The lowest BCUT2D eigenvalue weighted by Gasteiger charge is -2.05. The molecule has 0 aliphatic heterocycles. The van der Waals surface area contributed by atoms with Crippen LogP contribution in [0, 0.1) is 10.1 Å². The van der Waals surface area contributed by atoms with Crippen molar-refractivity contribution in [3.8, 4) is 5.88 Å². The summed E-state index contributed by atoms with van der Waals surface area (Å²) in [7, 11) is 0. The summed E-state index contributed by atoms with van der Waals surface area (Å²) < 4.78 is 5.19. The van der Waals surface area contributed by atoms with Gasteiger partial charge in [0.1, 0.15) is 6.61 Å². The Hall–Kier alpha value is -2.41. The predicted octanol–water partition coefficient (Wildman–Crippen LogP) is 1.91. The molecule has 2 rings (SSSR count). The second-order valence-electron chi connectivity index (χ2n) is 3.56. The molecule has 98 valence electrons. The molecule has 0 aliphatic rings. The highest BCUT2D eigenvalue weighted by Crippen LogP contribution is 2.19. The Labute approximate surface area is 112 Å². The van der Waals surface area contributed by atoms with Gasteiger partial charge in [-0.25, -0.2) is 0 Å². The van der Waals surface area contributed by atoms with Gasteiger partial charge in [0, 0.05) is 5.02 Å². The van der Waals surface area contributed by atoms with Crippen molar-refractivity contribution in [1.29, 1.82) is 0 Å². The molecule has 0 aliphatic carbocycles. The molecule has 0 amide bonds. The third kappa shape index (κ3) is 3.08. The number of rotatable bonds is 4. The third-order valence-corrected chi connectivity index (χ3v) is 2.52. The molecule has 1 aromatic heterocycles. The zero-order valence-electron chi connectivity index (χ0n) is 9.50. The van der Waals surface area contributed by atoms with Crippen LogP contribution in [0.2, 0.25) is 5.02 Å². The summed E-state index contributed by atoms with van der Waals surface area (Å²) in [5, 5.41) is 11.3. The Morgan fingerprint density at radius 1 is 1.37 bits per heavy atom. The number of nitrogens with one attached hydrogen (secondary N) is 1. The zero-order valence-corrected chi connectivity index (χ0v) is 10.3. The first-order chi connectivity index (χ1) is 9.08. The van der Waals surface area contributed by atoms with Gasteiger partial charge in [0.15, 0.2) is 0 Å². The van der Waals surface area contributed by atoms with Crippen molar-refractivity contribution in [2.45, 2.75) is 6.61 Å². The monoisotopic (exact) mass is 281 g/mol. The van der Waals surface area contributed by atoms with Crippen molar-refractivity contribution in [2.24, 2.45) is 0 Å². The van der Waals surface area contributed by atoms with Crippen LogP contribution >= 0.6 is 11.6 Å². The van der Waals surface area contributed by atoms with E-state index in [9.17, 15) is 14.9 Å². The van der Waals surface area contributed by atoms with Gasteiger partial charge < -0.3 is 9.72 Å². The van der Waals surface area contributed by atoms with E-state index in [0.29, 0.717) is 5.02 Å². The average molecular weight is 282 g/mol. The second kappa shape index (κ2) is 5.49. The fraction of sp³-hybridized carbons (Fsp3) is 0.0909. The maximum Gasteiger partial charge on any atom is 0.395 e. The molecule has 2 aromatic rings. The quantitative estimate of drug-likeness (QED) is 0.682. The molecular formula is C11H8ClN3O4. The number of halogens is 1. The van der Waals surface area contributed by atoms with Gasteiger partial charge in [-0.15, -0.1) is 0 Å². The van der Waals surface area contributed by atoms with E-state index >= 15 is 0 Å². The van der Waals surface area contributed by atoms with E-state index in [0.717, 1.165) is 11.9 Å². The Kier molecular flexibility index (Phi) is 3.76. The summed E-state index contributed by atoms with van der Waals surface area (Å²) in [6, 6.07) is 6.75. The molecule has 7 nitrogen and oxygen atoms in total. The van der Waals surface area contributed by atoms with Crippen LogP contribution in [0.25, 0.3) is 0 Å². The van der Waals surface area contributed by atoms with Crippen LogP contribution in [0.15, 0.2) is 35.4 Å². The summed E-state index contributed by atoms with van der Waals surface area (Å²) in [4.78, 5) is 27.0. The summed E-state index contributed by atoms with van der Waals surface area (Å²) in [6.45, 7) is 0.0501. The second-order valence-corrected chi connectivity index (χ2v) is 3.99. The van der Waals surface area contributed by atoms with Gasteiger partial charge in [0.2, 0.25) is 0 Å². The van der Waals surface area contributed by atoms with Crippen molar-refractivity contribution >= 4 is 17.3 Å². The van der Waals surface area contributed by atoms with Crippen LogP contribution in [0.5, 0.6) is 5.88 Å². The van der Waals surface area contributed by atoms with Crippen LogP contribution in [0.4, 0.5) is 5.69 Å². The maximum absolute atomic E-state index is 11.3. The highest BCUT2D eigenvalue weighted by molar-refractivity contribution is 6.30. The Balaban J connectivity index is 2.20. The van der Waals surface area contributed by atoms with E-state index in [2.05, 4.69) is 9.97 Å². The molecule has 0 atom stereocenters. The number of hydrogen-bond donors (Lipinski definition) is 1. The average Bonchev–Trinajstić information content (AvgIpc) is 2.37. The van der Waals surface area contributed by atoms with Gasteiger partial charge >= 0.3 is 17.1 Å². The fourth-order valence-corrected chi connectivity index (χ4v) is 1.50. The van der Waals surface area contributed by atoms with Gasteiger partial charge in [-0.05, 0) is 17.7 Å². The first-order valence-electron chi connectivity index (χ1n) is 5.17. The van der Waals surface area contributed by atoms with Crippen molar-refractivity contribution in [3.05, 3.63) is 61.6 Å². The number of nitro groups is 1. The lowest BCUT2D eigenvalue weighted by molar-refractivity contribution is -0.387. The lowest BCUT2D eigenvalue weighted by Crippen LogP contribution is -2.14. The summed E-state index contributed by atoms with van der Waals surface area (Å²) in [5.41, 5.74) is -0.816. The smallest absolute Gasteiger partial charge is 0.395 e.